The minimum Gasteiger partial charge on any atom is -0.356 e. The van der Waals surface area contributed by atoms with E-state index in [4.69, 9.17) is 5.14 Å². The number of nitrogens with one attached hydrogen (secondary N) is 3. The van der Waals surface area contributed by atoms with Crippen molar-refractivity contribution in [2.75, 3.05) is 0 Å². The lowest BCUT2D eigenvalue weighted by atomic mass is 10.1. The average molecular weight is 415 g/mol. The molecule has 10 heteroatoms. The van der Waals surface area contributed by atoms with Gasteiger partial charge in [-0.3, -0.25) is 20.4 Å². The molecule has 1 aromatic carbocycles. The van der Waals surface area contributed by atoms with E-state index < -0.39 is 15.9 Å². The van der Waals surface area contributed by atoms with Crippen molar-refractivity contribution in [3.63, 3.8) is 0 Å². The van der Waals surface area contributed by atoms with E-state index in [1.54, 1.807) is 24.4 Å². The molecule has 2 aromatic rings. The number of primary sulfonamides is 1. The molecule has 0 bridgehead atoms. The number of H-pyrrole nitrogens is 1. The standard InChI is InChI=1S/C14H15BrN4O4S/c15-10-7-12(17-8-10)14(21)19-18-13(20)6-3-9-1-4-11(5-2-9)24(16,22)23/h1-2,4-5,7-8,17H,3,6H2,(H,18,20)(H,19,21)(H2,16,22,23). The number of nitrogens with two attached hydrogens (primary N) is 1. The number of rotatable bonds is 5. The van der Waals surface area contributed by atoms with Crippen LogP contribution in [-0.2, 0) is 21.2 Å². The number of benzene rings is 1. The Morgan fingerprint density at radius 3 is 2.38 bits per heavy atom. The first-order valence-electron chi connectivity index (χ1n) is 6.80. The Bertz CT molecular complexity index is 846. The molecule has 0 aliphatic heterocycles. The summed E-state index contributed by atoms with van der Waals surface area (Å²) in [6.07, 6.45) is 2.12. The molecule has 128 valence electrons. The van der Waals surface area contributed by atoms with Gasteiger partial charge in [0.25, 0.3) is 5.91 Å². The van der Waals surface area contributed by atoms with Gasteiger partial charge in [-0.2, -0.15) is 0 Å². The number of carbonyl (C=O) groups is 2. The van der Waals surface area contributed by atoms with Gasteiger partial charge in [0.1, 0.15) is 5.69 Å². The second-order valence-electron chi connectivity index (χ2n) is 4.92. The third-order valence-corrected chi connectivity index (χ3v) is 4.49. The Kier molecular flexibility index (Phi) is 5.75. The fourth-order valence-corrected chi connectivity index (χ4v) is 2.72. The number of amides is 2. The van der Waals surface area contributed by atoms with Crippen LogP contribution in [0, 0.1) is 0 Å². The van der Waals surface area contributed by atoms with E-state index >= 15 is 0 Å². The highest BCUT2D eigenvalue weighted by atomic mass is 79.9. The zero-order valence-electron chi connectivity index (χ0n) is 12.4. The molecule has 0 unspecified atom stereocenters. The minimum atomic E-state index is -3.73. The van der Waals surface area contributed by atoms with Crippen molar-refractivity contribution in [1.82, 2.24) is 15.8 Å². The summed E-state index contributed by atoms with van der Waals surface area (Å²) in [4.78, 5) is 26.2. The molecule has 2 rings (SSSR count). The third kappa shape index (κ3) is 5.18. The number of aryl methyl sites for hydroxylation is 1. The number of hydrogen-bond donors (Lipinski definition) is 4. The topological polar surface area (TPSA) is 134 Å². The van der Waals surface area contributed by atoms with Gasteiger partial charge in [-0.15, -0.1) is 0 Å². The van der Waals surface area contributed by atoms with Crippen molar-refractivity contribution in [2.24, 2.45) is 5.14 Å². The highest BCUT2D eigenvalue weighted by Gasteiger charge is 2.10. The maximum Gasteiger partial charge on any atom is 0.286 e. The van der Waals surface area contributed by atoms with Gasteiger partial charge < -0.3 is 4.98 Å². The van der Waals surface area contributed by atoms with Crippen LogP contribution in [0.5, 0.6) is 0 Å². The number of sulfonamides is 1. The van der Waals surface area contributed by atoms with Crippen molar-refractivity contribution in [2.45, 2.75) is 17.7 Å². The van der Waals surface area contributed by atoms with Gasteiger partial charge in [-0.25, -0.2) is 13.6 Å². The van der Waals surface area contributed by atoms with Crippen LogP contribution in [0.25, 0.3) is 0 Å². The lowest BCUT2D eigenvalue weighted by molar-refractivity contribution is -0.121. The summed E-state index contributed by atoms with van der Waals surface area (Å²) in [5.41, 5.74) is 5.68. The summed E-state index contributed by atoms with van der Waals surface area (Å²) in [6, 6.07) is 7.51. The van der Waals surface area contributed by atoms with Crippen LogP contribution in [-0.4, -0.2) is 25.2 Å². The first-order chi connectivity index (χ1) is 11.3. The molecule has 0 saturated carbocycles. The second-order valence-corrected chi connectivity index (χ2v) is 7.40. The quantitative estimate of drug-likeness (QED) is 0.538. The van der Waals surface area contributed by atoms with Crippen molar-refractivity contribution < 1.29 is 18.0 Å². The van der Waals surface area contributed by atoms with Crippen LogP contribution in [0.4, 0.5) is 0 Å². The molecule has 1 heterocycles. The largest absolute Gasteiger partial charge is 0.356 e. The zero-order chi connectivity index (χ0) is 17.7. The first-order valence-corrected chi connectivity index (χ1v) is 9.14. The molecule has 0 atom stereocenters. The van der Waals surface area contributed by atoms with Crippen LogP contribution in [0.15, 0.2) is 45.9 Å². The number of hydrazine groups is 1. The highest BCUT2D eigenvalue weighted by molar-refractivity contribution is 9.10. The molecular weight excluding hydrogens is 400 g/mol. The number of hydrogen-bond acceptors (Lipinski definition) is 4. The Hall–Kier alpha value is -2.17. The van der Waals surface area contributed by atoms with Gasteiger partial charge in [0, 0.05) is 17.1 Å². The summed E-state index contributed by atoms with van der Waals surface area (Å²) < 4.78 is 23.0. The van der Waals surface area contributed by atoms with Crippen molar-refractivity contribution >= 4 is 37.8 Å². The van der Waals surface area contributed by atoms with E-state index in [1.807, 2.05) is 0 Å². The van der Waals surface area contributed by atoms with Gasteiger partial charge in [-0.1, -0.05) is 12.1 Å². The molecule has 0 fully saturated rings. The maximum absolute atomic E-state index is 11.7. The fraction of sp³-hybridized carbons (Fsp3) is 0.143. The molecule has 5 N–H and O–H groups in total. The molecule has 0 spiro atoms. The van der Waals surface area contributed by atoms with Crippen molar-refractivity contribution in [3.8, 4) is 0 Å². The van der Waals surface area contributed by atoms with Crippen LogP contribution < -0.4 is 16.0 Å². The highest BCUT2D eigenvalue weighted by Crippen LogP contribution is 2.11. The van der Waals surface area contributed by atoms with Gasteiger partial charge in [0.05, 0.1) is 4.90 Å². The smallest absolute Gasteiger partial charge is 0.286 e. The number of aromatic amines is 1. The Labute approximate surface area is 147 Å². The van der Waals surface area contributed by atoms with Crippen LogP contribution in [0.1, 0.15) is 22.5 Å². The second kappa shape index (κ2) is 7.60. The minimum absolute atomic E-state index is 0.0140. The molecule has 2 amide bonds. The summed E-state index contributed by atoms with van der Waals surface area (Å²) in [6.45, 7) is 0. The summed E-state index contributed by atoms with van der Waals surface area (Å²) in [7, 11) is -3.73. The Balaban J connectivity index is 1.80. The van der Waals surface area contributed by atoms with Gasteiger partial charge in [-0.05, 0) is 46.1 Å². The Morgan fingerprint density at radius 1 is 1.17 bits per heavy atom. The normalized spacial score (nSPS) is 11.1. The predicted molar refractivity (Wildman–Crippen MR) is 90.2 cm³/mol. The Morgan fingerprint density at radius 2 is 1.83 bits per heavy atom. The van der Waals surface area contributed by atoms with Gasteiger partial charge >= 0.3 is 0 Å². The van der Waals surface area contributed by atoms with E-state index in [0.717, 1.165) is 10.0 Å². The molecule has 0 saturated heterocycles. The van der Waals surface area contributed by atoms with E-state index in [9.17, 15) is 18.0 Å². The summed E-state index contributed by atoms with van der Waals surface area (Å²) in [5, 5.41) is 5.01. The molecule has 0 radical (unpaired) electrons. The lowest BCUT2D eigenvalue weighted by Crippen LogP contribution is -2.41. The summed E-state index contributed by atoms with van der Waals surface area (Å²) in [5.74, 6) is -0.837. The van der Waals surface area contributed by atoms with E-state index in [0.29, 0.717) is 12.1 Å². The predicted octanol–water partition coefficient (Wildman–Crippen LogP) is 0.818. The number of halogens is 1. The SMILES string of the molecule is NS(=O)(=O)c1ccc(CCC(=O)NNC(=O)c2cc(Br)c[nH]2)cc1. The van der Waals surface area contributed by atoms with Gasteiger partial charge in [0.15, 0.2) is 0 Å². The number of carbonyl (C=O) groups excluding carboxylic acids is 2. The first kappa shape index (κ1) is 18.2. The zero-order valence-corrected chi connectivity index (χ0v) is 14.8. The molecular formula is C14H15BrN4O4S. The van der Waals surface area contributed by atoms with Crippen LogP contribution >= 0.6 is 15.9 Å². The average Bonchev–Trinajstić information content (AvgIpc) is 2.96. The lowest BCUT2D eigenvalue weighted by Gasteiger charge is -2.07. The maximum atomic E-state index is 11.7. The molecule has 0 aliphatic carbocycles. The summed E-state index contributed by atoms with van der Waals surface area (Å²) >= 11 is 3.20. The third-order valence-electron chi connectivity index (χ3n) is 3.10. The van der Waals surface area contributed by atoms with Crippen LogP contribution in [0.2, 0.25) is 0 Å². The molecule has 24 heavy (non-hydrogen) atoms. The van der Waals surface area contributed by atoms with Crippen molar-refractivity contribution in [1.29, 1.82) is 0 Å². The van der Waals surface area contributed by atoms with Crippen molar-refractivity contribution in [3.05, 3.63) is 52.3 Å². The molecule has 1 aromatic heterocycles. The van der Waals surface area contributed by atoms with E-state index in [-0.39, 0.29) is 17.2 Å². The molecule has 0 aliphatic rings. The van der Waals surface area contributed by atoms with E-state index in [1.165, 1.54) is 12.1 Å². The number of aromatic nitrogens is 1. The van der Waals surface area contributed by atoms with Gasteiger partial charge in [0.2, 0.25) is 15.9 Å². The fourth-order valence-electron chi connectivity index (χ4n) is 1.86. The molecule has 8 nitrogen and oxygen atoms in total. The van der Waals surface area contributed by atoms with E-state index in [2.05, 4.69) is 31.8 Å². The van der Waals surface area contributed by atoms with Crippen LogP contribution in [0.3, 0.4) is 0 Å². The monoisotopic (exact) mass is 414 g/mol.